The van der Waals surface area contributed by atoms with Crippen LogP contribution in [0, 0.1) is 11.8 Å². The number of phenols is 1. The van der Waals surface area contributed by atoms with Crippen LogP contribution >= 0.6 is 12.4 Å². The lowest BCUT2D eigenvalue weighted by atomic mass is 9.54. The molecule has 10 nitrogen and oxygen atoms in total. The van der Waals surface area contributed by atoms with Gasteiger partial charge in [0, 0.05) is 11.5 Å². The highest BCUT2D eigenvalue weighted by Crippen LogP contribution is 2.55. The molecule has 178 valence electrons. The van der Waals surface area contributed by atoms with Crippen LogP contribution in [0.25, 0.3) is 5.76 Å². The third-order valence-corrected chi connectivity index (χ3v) is 6.99. The van der Waals surface area contributed by atoms with Gasteiger partial charge in [0.1, 0.15) is 22.8 Å². The summed E-state index contributed by atoms with van der Waals surface area (Å²) in [7, 11) is 2.92. The predicted molar refractivity (Wildman–Crippen MR) is 118 cm³/mol. The van der Waals surface area contributed by atoms with E-state index in [1.54, 1.807) is 19.1 Å². The van der Waals surface area contributed by atoms with Crippen molar-refractivity contribution in [3.8, 4) is 5.75 Å². The molecule has 1 fully saturated rings. The Morgan fingerprint density at radius 2 is 1.76 bits per heavy atom. The number of hydrogen-bond acceptors (Lipinski definition) is 9. The van der Waals surface area contributed by atoms with Crippen LogP contribution in [0.3, 0.4) is 0 Å². The predicted octanol–water partition coefficient (Wildman–Crippen LogP) is -0.0824. The van der Waals surface area contributed by atoms with E-state index in [0.717, 1.165) is 0 Å². The molecule has 7 N–H and O–H groups in total. The Labute approximate surface area is 195 Å². The normalized spacial score (nSPS) is 33.3. The fourth-order valence-electron chi connectivity index (χ4n) is 5.58. The smallest absolute Gasteiger partial charge is 0.255 e. The van der Waals surface area contributed by atoms with E-state index in [9.17, 15) is 39.9 Å². The van der Waals surface area contributed by atoms with E-state index in [4.69, 9.17) is 5.73 Å². The number of halogens is 1. The molecule has 0 aliphatic heterocycles. The highest BCUT2D eigenvalue weighted by Gasteiger charge is 2.68. The standard InChI is InChI=1S/C22H24N2O8.ClH/c1-7-8-5-4-6-9(25)11(8)16(26)12-10(7)17(27)14-15(24(2)3)18(28)13(21(23)31)20(30)22(14,32)19(12)29;/h4-7,10,14-15,17,25-27,30,32H,1-3H3,(H2,23,31);1H/t7-,10?,14+,15?,17-,22-;/m0./s1. The number of nitrogens with zero attached hydrogens (tertiary/aromatic N) is 1. The van der Waals surface area contributed by atoms with Gasteiger partial charge in [0.15, 0.2) is 11.4 Å². The first-order valence-corrected chi connectivity index (χ1v) is 10.0. The third kappa shape index (κ3) is 2.95. The molecule has 0 spiro atoms. The number of primary amides is 1. The summed E-state index contributed by atoms with van der Waals surface area (Å²) in [6.07, 6.45) is -1.59. The van der Waals surface area contributed by atoms with Crippen molar-refractivity contribution in [3.05, 3.63) is 46.2 Å². The molecule has 3 aliphatic carbocycles. The number of phenolic OH excluding ortho intramolecular Hbond substituents is 1. The lowest BCUT2D eigenvalue weighted by Gasteiger charge is -2.53. The summed E-state index contributed by atoms with van der Waals surface area (Å²) in [5.74, 6) is -8.87. The van der Waals surface area contributed by atoms with Crippen molar-refractivity contribution in [2.45, 2.75) is 30.6 Å². The van der Waals surface area contributed by atoms with E-state index in [0.29, 0.717) is 5.56 Å². The van der Waals surface area contributed by atoms with E-state index in [1.165, 1.54) is 25.1 Å². The Hall–Kier alpha value is -2.92. The van der Waals surface area contributed by atoms with Gasteiger partial charge in [0.2, 0.25) is 5.78 Å². The quantitative estimate of drug-likeness (QED) is 0.315. The minimum Gasteiger partial charge on any atom is -0.508 e. The monoisotopic (exact) mass is 480 g/mol. The fraction of sp³-hybridized carbons (Fsp3) is 0.409. The summed E-state index contributed by atoms with van der Waals surface area (Å²) < 4.78 is 0. The summed E-state index contributed by atoms with van der Waals surface area (Å²) in [4.78, 5) is 40.0. The number of aliphatic hydroxyl groups excluding tert-OH is 3. The van der Waals surface area contributed by atoms with Crippen molar-refractivity contribution in [2.24, 2.45) is 17.6 Å². The van der Waals surface area contributed by atoms with Gasteiger partial charge in [0.05, 0.1) is 23.6 Å². The average Bonchev–Trinajstić information content (AvgIpc) is 2.70. The molecule has 0 aromatic heterocycles. The largest absolute Gasteiger partial charge is 0.508 e. The number of aromatic hydroxyl groups is 1. The lowest BCUT2D eigenvalue weighted by molar-refractivity contribution is -0.169. The van der Waals surface area contributed by atoms with Gasteiger partial charge in [-0.2, -0.15) is 0 Å². The van der Waals surface area contributed by atoms with Gasteiger partial charge < -0.3 is 31.3 Å². The minimum absolute atomic E-state index is 0. The second kappa shape index (κ2) is 7.84. The number of rotatable bonds is 2. The van der Waals surface area contributed by atoms with E-state index in [-0.39, 0.29) is 23.7 Å². The number of aliphatic hydroxyl groups is 4. The van der Waals surface area contributed by atoms with Gasteiger partial charge in [-0.15, -0.1) is 12.4 Å². The summed E-state index contributed by atoms with van der Waals surface area (Å²) in [5, 5.41) is 54.9. The molecular weight excluding hydrogens is 456 g/mol. The number of carbonyl (C=O) groups is 3. The molecule has 1 saturated carbocycles. The zero-order chi connectivity index (χ0) is 23.9. The number of carbonyl (C=O) groups excluding carboxylic acids is 3. The van der Waals surface area contributed by atoms with Crippen LogP contribution in [0.1, 0.15) is 24.0 Å². The van der Waals surface area contributed by atoms with Crippen LogP contribution in [0.4, 0.5) is 0 Å². The Bertz CT molecular complexity index is 1140. The molecule has 0 bridgehead atoms. The molecule has 3 aliphatic rings. The molecule has 1 amide bonds. The van der Waals surface area contributed by atoms with E-state index in [1.807, 2.05) is 0 Å². The summed E-state index contributed by atoms with van der Waals surface area (Å²) in [6.45, 7) is 1.68. The second-order valence-electron chi connectivity index (χ2n) is 8.79. The third-order valence-electron chi connectivity index (χ3n) is 6.99. The average molecular weight is 481 g/mol. The zero-order valence-corrected chi connectivity index (χ0v) is 18.8. The number of likely N-dealkylation sites (N-methyl/N-ethyl adjacent to an activating group) is 1. The number of amides is 1. The Morgan fingerprint density at radius 1 is 1.15 bits per heavy atom. The first-order chi connectivity index (χ1) is 14.9. The van der Waals surface area contributed by atoms with Crippen LogP contribution in [-0.4, -0.2) is 79.7 Å². The molecule has 11 heteroatoms. The summed E-state index contributed by atoms with van der Waals surface area (Å²) >= 11 is 0. The van der Waals surface area contributed by atoms with Crippen molar-refractivity contribution in [2.75, 3.05) is 14.1 Å². The molecule has 6 atom stereocenters. The number of benzene rings is 1. The molecular formula is C22H25ClN2O8. The van der Waals surface area contributed by atoms with Gasteiger partial charge in [-0.3, -0.25) is 19.3 Å². The molecule has 0 heterocycles. The van der Waals surface area contributed by atoms with Crippen LogP contribution in [0.15, 0.2) is 35.1 Å². The maximum atomic E-state index is 13.7. The zero-order valence-electron chi connectivity index (χ0n) is 18.0. The van der Waals surface area contributed by atoms with Crippen molar-refractivity contribution in [1.29, 1.82) is 0 Å². The highest BCUT2D eigenvalue weighted by molar-refractivity contribution is 6.24. The Balaban J connectivity index is 0.00000306. The summed E-state index contributed by atoms with van der Waals surface area (Å²) in [6, 6.07) is 3.13. The number of hydrogen-bond donors (Lipinski definition) is 6. The number of nitrogens with two attached hydrogens (primary N) is 1. The van der Waals surface area contributed by atoms with Crippen LogP contribution in [-0.2, 0) is 14.4 Å². The van der Waals surface area contributed by atoms with E-state index in [2.05, 4.69) is 0 Å². The minimum atomic E-state index is -2.89. The van der Waals surface area contributed by atoms with Gasteiger partial charge in [-0.1, -0.05) is 19.1 Å². The van der Waals surface area contributed by atoms with Gasteiger partial charge in [0.25, 0.3) is 5.91 Å². The van der Waals surface area contributed by atoms with Gasteiger partial charge in [-0.25, -0.2) is 0 Å². The Morgan fingerprint density at radius 3 is 2.30 bits per heavy atom. The number of ketones is 2. The first-order valence-electron chi connectivity index (χ1n) is 10.0. The SMILES string of the molecule is C[C@H]1c2cccc(O)c2C(O)=C2C(=O)[C@]3(O)C(O)=C(C(N)=O)C(=O)C(N(C)C)[C@@H]3[C@@H](O)C21.Cl. The Kier molecular flexibility index (Phi) is 5.87. The number of Topliss-reactive ketones (excluding diaryl/α,β-unsaturated/α-hetero) is 2. The second-order valence-corrected chi connectivity index (χ2v) is 8.79. The molecule has 0 radical (unpaired) electrons. The van der Waals surface area contributed by atoms with Crippen LogP contribution in [0.5, 0.6) is 5.75 Å². The van der Waals surface area contributed by atoms with Crippen molar-refractivity contribution < 1.29 is 39.9 Å². The maximum absolute atomic E-state index is 13.7. The van der Waals surface area contributed by atoms with Crippen molar-refractivity contribution in [3.63, 3.8) is 0 Å². The highest BCUT2D eigenvalue weighted by atomic mass is 35.5. The molecule has 1 aromatic carbocycles. The molecule has 33 heavy (non-hydrogen) atoms. The fourth-order valence-corrected chi connectivity index (χ4v) is 5.58. The number of fused-ring (bicyclic) bond motifs is 3. The molecule has 0 saturated heterocycles. The van der Waals surface area contributed by atoms with Crippen molar-refractivity contribution >= 4 is 35.6 Å². The lowest BCUT2D eigenvalue weighted by Crippen LogP contribution is -2.70. The van der Waals surface area contributed by atoms with E-state index < -0.39 is 75.6 Å². The van der Waals surface area contributed by atoms with Gasteiger partial charge >= 0.3 is 0 Å². The molecule has 1 aromatic rings. The summed E-state index contributed by atoms with van der Waals surface area (Å²) in [5.41, 5.74) is 1.47. The van der Waals surface area contributed by atoms with Crippen LogP contribution in [0.2, 0.25) is 0 Å². The van der Waals surface area contributed by atoms with Crippen LogP contribution < -0.4 is 5.73 Å². The van der Waals surface area contributed by atoms with E-state index >= 15 is 0 Å². The van der Waals surface area contributed by atoms with Crippen molar-refractivity contribution in [1.82, 2.24) is 4.90 Å². The molecule has 2 unspecified atom stereocenters. The first kappa shape index (κ1) is 24.7. The topological polar surface area (TPSA) is 182 Å². The van der Waals surface area contributed by atoms with Gasteiger partial charge in [-0.05, 0) is 31.6 Å². The molecule has 4 rings (SSSR count). The maximum Gasteiger partial charge on any atom is 0.255 e.